The van der Waals surface area contributed by atoms with Gasteiger partial charge in [-0.1, -0.05) is 18.2 Å². The first-order valence-electron chi connectivity index (χ1n) is 6.47. The fourth-order valence-electron chi connectivity index (χ4n) is 2.28. The number of likely N-dealkylation sites (tertiary alicyclic amines) is 1. The highest BCUT2D eigenvalue weighted by molar-refractivity contribution is 5.35. The van der Waals surface area contributed by atoms with Crippen molar-refractivity contribution in [1.82, 2.24) is 4.90 Å². The molecular weight excluding hydrogens is 212 g/mol. The van der Waals surface area contributed by atoms with Crippen molar-refractivity contribution >= 4 is 0 Å². The fraction of sp³-hybridized carbons (Fsp3) is 0.571. The second kappa shape index (κ2) is 6.03. The van der Waals surface area contributed by atoms with Crippen LogP contribution in [0.1, 0.15) is 31.4 Å². The molecule has 1 aliphatic heterocycles. The maximum atomic E-state index is 5.92. The second-order valence-electron chi connectivity index (χ2n) is 4.72. The minimum absolute atomic E-state index is 0.0259. The number of nitrogens with zero attached hydrogens (tertiary/aromatic N) is 1. The van der Waals surface area contributed by atoms with Crippen molar-refractivity contribution in [3.8, 4) is 5.75 Å². The molecule has 1 fully saturated rings. The van der Waals surface area contributed by atoms with Gasteiger partial charge in [-0.25, -0.2) is 0 Å². The number of nitrogens with two attached hydrogens (primary N) is 1. The Balaban J connectivity index is 1.85. The standard InChI is InChI=1S/C14H22N2O/c1-12(15)13-6-2-3-7-14(13)17-11-10-16-8-4-5-9-16/h2-3,6-7,12H,4-5,8-11,15H2,1H3/t12-/m1/s1. The van der Waals surface area contributed by atoms with Gasteiger partial charge < -0.3 is 10.5 Å². The van der Waals surface area contributed by atoms with E-state index < -0.39 is 0 Å². The summed E-state index contributed by atoms with van der Waals surface area (Å²) in [6.07, 6.45) is 2.66. The number of hydrogen-bond donors (Lipinski definition) is 1. The number of rotatable bonds is 5. The zero-order valence-electron chi connectivity index (χ0n) is 10.6. The number of ether oxygens (including phenoxy) is 1. The smallest absolute Gasteiger partial charge is 0.124 e. The predicted molar refractivity (Wildman–Crippen MR) is 70.2 cm³/mol. The minimum atomic E-state index is 0.0259. The largest absolute Gasteiger partial charge is 0.492 e. The van der Waals surface area contributed by atoms with Crippen LogP contribution in [-0.2, 0) is 0 Å². The molecule has 1 heterocycles. The molecule has 1 aliphatic rings. The van der Waals surface area contributed by atoms with E-state index in [0.717, 1.165) is 24.5 Å². The van der Waals surface area contributed by atoms with E-state index in [0.29, 0.717) is 0 Å². The van der Waals surface area contributed by atoms with Gasteiger partial charge in [-0.2, -0.15) is 0 Å². The zero-order valence-corrected chi connectivity index (χ0v) is 10.6. The zero-order chi connectivity index (χ0) is 12.1. The summed E-state index contributed by atoms with van der Waals surface area (Å²) < 4.78 is 5.84. The molecule has 2 rings (SSSR count). The van der Waals surface area contributed by atoms with Crippen molar-refractivity contribution in [2.24, 2.45) is 5.73 Å². The summed E-state index contributed by atoms with van der Waals surface area (Å²) in [5, 5.41) is 0. The molecule has 1 aromatic rings. The highest BCUT2D eigenvalue weighted by Crippen LogP contribution is 2.23. The van der Waals surface area contributed by atoms with Crippen LogP contribution in [0, 0.1) is 0 Å². The van der Waals surface area contributed by atoms with Crippen molar-refractivity contribution in [2.75, 3.05) is 26.2 Å². The quantitative estimate of drug-likeness (QED) is 0.848. The van der Waals surface area contributed by atoms with Crippen molar-refractivity contribution in [2.45, 2.75) is 25.8 Å². The molecule has 0 amide bonds. The molecule has 2 N–H and O–H groups in total. The summed E-state index contributed by atoms with van der Waals surface area (Å²) in [5.74, 6) is 0.932. The maximum absolute atomic E-state index is 5.92. The van der Waals surface area contributed by atoms with E-state index in [9.17, 15) is 0 Å². The van der Waals surface area contributed by atoms with Gasteiger partial charge in [-0.3, -0.25) is 4.90 Å². The van der Waals surface area contributed by atoms with Crippen molar-refractivity contribution in [3.05, 3.63) is 29.8 Å². The highest BCUT2D eigenvalue weighted by Gasteiger charge is 2.12. The second-order valence-corrected chi connectivity index (χ2v) is 4.72. The predicted octanol–water partition coefficient (Wildman–Crippen LogP) is 2.18. The third-order valence-electron chi connectivity index (χ3n) is 3.27. The van der Waals surface area contributed by atoms with Crippen LogP contribution in [0.15, 0.2) is 24.3 Å². The lowest BCUT2D eigenvalue weighted by Gasteiger charge is -2.17. The Morgan fingerprint density at radius 1 is 1.29 bits per heavy atom. The van der Waals surface area contributed by atoms with Gasteiger partial charge >= 0.3 is 0 Å². The molecule has 0 saturated carbocycles. The summed E-state index contributed by atoms with van der Waals surface area (Å²) in [7, 11) is 0. The summed E-state index contributed by atoms with van der Waals surface area (Å²) in [5.41, 5.74) is 7.01. The van der Waals surface area contributed by atoms with E-state index in [1.165, 1.54) is 25.9 Å². The average Bonchev–Trinajstić information content (AvgIpc) is 2.82. The van der Waals surface area contributed by atoms with Crippen LogP contribution in [0.3, 0.4) is 0 Å². The number of para-hydroxylation sites is 1. The normalized spacial score (nSPS) is 18.2. The molecule has 0 radical (unpaired) electrons. The molecule has 3 heteroatoms. The van der Waals surface area contributed by atoms with Crippen LogP contribution in [0.2, 0.25) is 0 Å². The van der Waals surface area contributed by atoms with Gasteiger partial charge in [0.15, 0.2) is 0 Å². The van der Waals surface area contributed by atoms with Gasteiger partial charge in [-0.05, 0) is 38.9 Å². The lowest BCUT2D eigenvalue weighted by Crippen LogP contribution is -2.25. The molecule has 1 atom stereocenters. The fourth-order valence-corrected chi connectivity index (χ4v) is 2.28. The van der Waals surface area contributed by atoms with E-state index in [4.69, 9.17) is 10.5 Å². The summed E-state index contributed by atoms with van der Waals surface area (Å²) in [6, 6.07) is 8.07. The Labute approximate surface area is 104 Å². The molecule has 3 nitrogen and oxygen atoms in total. The van der Waals surface area contributed by atoms with Gasteiger partial charge in [0.1, 0.15) is 12.4 Å². The first-order chi connectivity index (χ1) is 8.27. The lowest BCUT2D eigenvalue weighted by molar-refractivity contribution is 0.236. The van der Waals surface area contributed by atoms with E-state index in [-0.39, 0.29) is 6.04 Å². The topological polar surface area (TPSA) is 38.5 Å². The highest BCUT2D eigenvalue weighted by atomic mass is 16.5. The molecule has 0 bridgehead atoms. The first kappa shape index (κ1) is 12.4. The number of hydrogen-bond acceptors (Lipinski definition) is 3. The Hall–Kier alpha value is -1.06. The van der Waals surface area contributed by atoms with Crippen molar-refractivity contribution < 1.29 is 4.74 Å². The summed E-state index contributed by atoms with van der Waals surface area (Å²) in [4.78, 5) is 2.45. The Bertz CT molecular complexity index is 346. The van der Waals surface area contributed by atoms with Crippen LogP contribution < -0.4 is 10.5 Å². The van der Waals surface area contributed by atoms with E-state index in [1.54, 1.807) is 0 Å². The van der Waals surface area contributed by atoms with E-state index in [2.05, 4.69) is 4.90 Å². The minimum Gasteiger partial charge on any atom is -0.492 e. The Morgan fingerprint density at radius 3 is 2.71 bits per heavy atom. The molecular formula is C14H22N2O. The van der Waals surface area contributed by atoms with Crippen LogP contribution in [0.25, 0.3) is 0 Å². The van der Waals surface area contributed by atoms with Crippen molar-refractivity contribution in [3.63, 3.8) is 0 Å². The summed E-state index contributed by atoms with van der Waals surface area (Å²) in [6.45, 7) is 6.20. The lowest BCUT2D eigenvalue weighted by atomic mass is 10.1. The average molecular weight is 234 g/mol. The maximum Gasteiger partial charge on any atom is 0.124 e. The Kier molecular flexibility index (Phi) is 4.40. The molecule has 17 heavy (non-hydrogen) atoms. The van der Waals surface area contributed by atoms with Gasteiger partial charge in [0.05, 0.1) is 0 Å². The molecule has 0 aromatic heterocycles. The molecule has 1 aromatic carbocycles. The molecule has 0 aliphatic carbocycles. The van der Waals surface area contributed by atoms with Crippen LogP contribution in [-0.4, -0.2) is 31.1 Å². The number of benzene rings is 1. The van der Waals surface area contributed by atoms with Crippen LogP contribution in [0.4, 0.5) is 0 Å². The van der Waals surface area contributed by atoms with E-state index >= 15 is 0 Å². The first-order valence-corrected chi connectivity index (χ1v) is 6.47. The van der Waals surface area contributed by atoms with Crippen LogP contribution in [0.5, 0.6) is 5.75 Å². The molecule has 0 spiro atoms. The third-order valence-corrected chi connectivity index (χ3v) is 3.27. The van der Waals surface area contributed by atoms with E-state index in [1.807, 2.05) is 31.2 Å². The molecule has 94 valence electrons. The van der Waals surface area contributed by atoms with Crippen LogP contribution >= 0.6 is 0 Å². The molecule has 0 unspecified atom stereocenters. The van der Waals surface area contributed by atoms with Gasteiger partial charge in [0.25, 0.3) is 0 Å². The Morgan fingerprint density at radius 2 is 2.00 bits per heavy atom. The molecule has 1 saturated heterocycles. The SMILES string of the molecule is C[C@@H](N)c1ccccc1OCCN1CCCC1. The van der Waals surface area contributed by atoms with Gasteiger partial charge in [0, 0.05) is 18.2 Å². The van der Waals surface area contributed by atoms with Gasteiger partial charge in [-0.15, -0.1) is 0 Å². The van der Waals surface area contributed by atoms with Crippen molar-refractivity contribution in [1.29, 1.82) is 0 Å². The monoisotopic (exact) mass is 234 g/mol. The third kappa shape index (κ3) is 3.45. The van der Waals surface area contributed by atoms with Gasteiger partial charge in [0.2, 0.25) is 0 Å². The summed E-state index contributed by atoms with van der Waals surface area (Å²) >= 11 is 0.